The van der Waals surface area contributed by atoms with Gasteiger partial charge < -0.3 is 4.57 Å². The van der Waals surface area contributed by atoms with E-state index in [4.69, 9.17) is 0 Å². The Kier molecular flexibility index (Phi) is 5.92. The van der Waals surface area contributed by atoms with Gasteiger partial charge in [0, 0.05) is 21.9 Å². The van der Waals surface area contributed by atoms with Gasteiger partial charge in [-0.25, -0.2) is 0 Å². The summed E-state index contributed by atoms with van der Waals surface area (Å²) in [5.74, 6) is 0. The van der Waals surface area contributed by atoms with Crippen molar-refractivity contribution in [1.29, 1.82) is 0 Å². The molecular weight excluding hydrogens is 555 g/mol. The Hall–Kier alpha value is -5.66. The molecule has 1 heteroatoms. The minimum absolute atomic E-state index is 0.0299. The average molecular weight is 588 g/mol. The van der Waals surface area contributed by atoms with Gasteiger partial charge in [0.2, 0.25) is 0 Å². The fourth-order valence-electron chi connectivity index (χ4n) is 7.63. The van der Waals surface area contributed by atoms with E-state index in [1.165, 1.54) is 83.1 Å². The van der Waals surface area contributed by atoms with Crippen LogP contribution in [0.5, 0.6) is 0 Å². The molecule has 0 saturated heterocycles. The van der Waals surface area contributed by atoms with Crippen molar-refractivity contribution in [3.05, 3.63) is 175 Å². The van der Waals surface area contributed by atoms with Crippen LogP contribution in [-0.2, 0) is 5.41 Å². The van der Waals surface area contributed by atoms with E-state index < -0.39 is 0 Å². The van der Waals surface area contributed by atoms with Crippen LogP contribution in [0.3, 0.4) is 0 Å². The zero-order chi connectivity index (χ0) is 30.8. The van der Waals surface area contributed by atoms with Crippen LogP contribution in [0.15, 0.2) is 164 Å². The van der Waals surface area contributed by atoms with Crippen LogP contribution in [0.25, 0.3) is 72.0 Å². The van der Waals surface area contributed by atoms with E-state index in [9.17, 15) is 0 Å². The van der Waals surface area contributed by atoms with Gasteiger partial charge in [-0.3, -0.25) is 0 Å². The van der Waals surface area contributed by atoms with E-state index >= 15 is 0 Å². The summed E-state index contributed by atoms with van der Waals surface area (Å²) >= 11 is 0. The Morgan fingerprint density at radius 2 is 0.913 bits per heavy atom. The van der Waals surface area contributed by atoms with Crippen LogP contribution in [0.4, 0.5) is 0 Å². The maximum atomic E-state index is 2.46. The summed E-state index contributed by atoms with van der Waals surface area (Å²) in [4.78, 5) is 0. The van der Waals surface area contributed by atoms with E-state index in [-0.39, 0.29) is 5.41 Å². The van der Waals surface area contributed by atoms with Crippen molar-refractivity contribution in [2.24, 2.45) is 0 Å². The molecular formula is C45H33N. The Balaban J connectivity index is 1.21. The number of hydrogen-bond donors (Lipinski definition) is 0. The first-order valence-electron chi connectivity index (χ1n) is 16.1. The third-order valence-corrected chi connectivity index (χ3v) is 9.98. The standard InChI is InChI=1S/C45H33N/c1-45(2)41-19-11-9-17-37(41)39-29-44-40(28-42(39)45)38-18-10-12-20-43(38)46(44)36-23-21-32(22-24-36)35-26-33(30-13-5-3-6-14-30)25-34(27-35)31-15-7-4-8-16-31/h3-29H,1-2H3. The maximum Gasteiger partial charge on any atom is 0.0547 e. The van der Waals surface area contributed by atoms with Crippen molar-refractivity contribution >= 4 is 21.8 Å². The summed E-state index contributed by atoms with van der Waals surface area (Å²) in [6.45, 7) is 4.72. The molecule has 1 aromatic heterocycles. The van der Waals surface area contributed by atoms with Gasteiger partial charge >= 0.3 is 0 Å². The lowest BCUT2D eigenvalue weighted by Crippen LogP contribution is -2.14. The number of para-hydroxylation sites is 1. The summed E-state index contributed by atoms with van der Waals surface area (Å²) in [6, 6.07) is 60.0. The molecule has 1 nitrogen and oxygen atoms in total. The predicted molar refractivity (Wildman–Crippen MR) is 195 cm³/mol. The van der Waals surface area contributed by atoms with Gasteiger partial charge in [-0.05, 0) is 104 Å². The summed E-state index contributed by atoms with van der Waals surface area (Å²) in [6.07, 6.45) is 0. The molecule has 0 amide bonds. The highest BCUT2D eigenvalue weighted by molar-refractivity contribution is 6.11. The summed E-state index contributed by atoms with van der Waals surface area (Å²) in [5, 5.41) is 2.60. The van der Waals surface area contributed by atoms with Crippen LogP contribution in [0.1, 0.15) is 25.0 Å². The molecule has 0 bridgehead atoms. The largest absolute Gasteiger partial charge is 0.309 e. The van der Waals surface area contributed by atoms with E-state index in [1.54, 1.807) is 0 Å². The number of rotatable bonds is 4. The second-order valence-electron chi connectivity index (χ2n) is 13.0. The van der Waals surface area contributed by atoms with Crippen LogP contribution in [0, 0.1) is 0 Å². The molecule has 8 aromatic rings. The molecule has 9 rings (SSSR count). The molecule has 1 aliphatic carbocycles. The fraction of sp³-hybridized carbons (Fsp3) is 0.0667. The quantitative estimate of drug-likeness (QED) is 0.193. The second-order valence-corrected chi connectivity index (χ2v) is 13.0. The predicted octanol–water partition coefficient (Wildman–Crippen LogP) is 12.1. The van der Waals surface area contributed by atoms with Gasteiger partial charge in [0.15, 0.2) is 0 Å². The maximum absolute atomic E-state index is 2.46. The average Bonchev–Trinajstić information content (AvgIpc) is 3.56. The van der Waals surface area contributed by atoms with Gasteiger partial charge in [0.1, 0.15) is 0 Å². The molecule has 0 radical (unpaired) electrons. The highest BCUT2D eigenvalue weighted by Gasteiger charge is 2.36. The molecule has 1 heterocycles. The molecule has 0 saturated carbocycles. The number of aromatic nitrogens is 1. The highest BCUT2D eigenvalue weighted by atomic mass is 15.0. The smallest absolute Gasteiger partial charge is 0.0547 e. The third kappa shape index (κ3) is 4.09. The Morgan fingerprint density at radius 3 is 1.57 bits per heavy atom. The number of nitrogens with zero attached hydrogens (tertiary/aromatic N) is 1. The Morgan fingerprint density at radius 1 is 0.370 bits per heavy atom. The van der Waals surface area contributed by atoms with Crippen molar-refractivity contribution < 1.29 is 0 Å². The zero-order valence-electron chi connectivity index (χ0n) is 26.0. The molecule has 0 fully saturated rings. The number of hydrogen-bond acceptors (Lipinski definition) is 0. The lowest BCUT2D eigenvalue weighted by molar-refractivity contribution is 0.661. The van der Waals surface area contributed by atoms with Gasteiger partial charge in [0.05, 0.1) is 11.0 Å². The van der Waals surface area contributed by atoms with E-state index in [2.05, 4.69) is 182 Å². The fourth-order valence-corrected chi connectivity index (χ4v) is 7.63. The summed E-state index contributed by atoms with van der Waals surface area (Å²) < 4.78 is 2.44. The molecule has 0 aliphatic heterocycles. The lowest BCUT2D eigenvalue weighted by Gasteiger charge is -2.21. The van der Waals surface area contributed by atoms with Crippen molar-refractivity contribution in [1.82, 2.24) is 4.57 Å². The van der Waals surface area contributed by atoms with Crippen LogP contribution < -0.4 is 0 Å². The van der Waals surface area contributed by atoms with E-state index in [0.717, 1.165) is 0 Å². The molecule has 7 aromatic carbocycles. The van der Waals surface area contributed by atoms with Crippen LogP contribution >= 0.6 is 0 Å². The van der Waals surface area contributed by atoms with Crippen molar-refractivity contribution in [2.75, 3.05) is 0 Å². The summed E-state index contributed by atoms with van der Waals surface area (Å²) in [7, 11) is 0. The van der Waals surface area contributed by atoms with Crippen LogP contribution in [-0.4, -0.2) is 4.57 Å². The zero-order valence-corrected chi connectivity index (χ0v) is 26.0. The lowest BCUT2D eigenvalue weighted by atomic mass is 9.82. The Bertz CT molecular complexity index is 2350. The van der Waals surface area contributed by atoms with E-state index in [0.29, 0.717) is 0 Å². The van der Waals surface area contributed by atoms with Crippen LogP contribution in [0.2, 0.25) is 0 Å². The first kappa shape index (κ1) is 26.7. The molecule has 0 spiro atoms. The molecule has 0 atom stereocenters. The minimum Gasteiger partial charge on any atom is -0.309 e. The Labute approximate surface area is 270 Å². The SMILES string of the molecule is CC1(C)c2ccccc2-c2cc3c(cc21)c1ccccc1n3-c1ccc(-c2cc(-c3ccccc3)cc(-c3ccccc3)c2)cc1. The topological polar surface area (TPSA) is 4.93 Å². The molecule has 0 unspecified atom stereocenters. The first-order valence-corrected chi connectivity index (χ1v) is 16.1. The van der Waals surface area contributed by atoms with Gasteiger partial charge in [-0.1, -0.05) is 129 Å². The normalized spacial score (nSPS) is 13.2. The first-order chi connectivity index (χ1) is 22.6. The molecule has 0 N–H and O–H groups in total. The minimum atomic E-state index is -0.0299. The molecule has 46 heavy (non-hydrogen) atoms. The van der Waals surface area contributed by atoms with Gasteiger partial charge in [0.25, 0.3) is 0 Å². The van der Waals surface area contributed by atoms with Gasteiger partial charge in [-0.15, -0.1) is 0 Å². The van der Waals surface area contributed by atoms with Gasteiger partial charge in [-0.2, -0.15) is 0 Å². The third-order valence-electron chi connectivity index (χ3n) is 9.98. The number of fused-ring (bicyclic) bond motifs is 6. The van der Waals surface area contributed by atoms with Crippen molar-refractivity contribution in [2.45, 2.75) is 19.3 Å². The molecule has 218 valence electrons. The highest BCUT2D eigenvalue weighted by Crippen LogP contribution is 2.51. The van der Waals surface area contributed by atoms with E-state index in [1.807, 2.05) is 0 Å². The second kappa shape index (κ2) is 10.2. The monoisotopic (exact) mass is 587 g/mol. The van der Waals surface area contributed by atoms with Crippen molar-refractivity contribution in [3.8, 4) is 50.2 Å². The molecule has 1 aliphatic rings. The number of benzene rings is 7. The van der Waals surface area contributed by atoms with Crippen molar-refractivity contribution in [3.63, 3.8) is 0 Å². The summed E-state index contributed by atoms with van der Waals surface area (Å²) in [5.41, 5.74) is 16.4.